The number of nitrogens with zero attached hydrogens (tertiary/aromatic N) is 2. The molecule has 3 aromatic rings. The summed E-state index contributed by atoms with van der Waals surface area (Å²) in [4.78, 5) is 11.9. The van der Waals surface area contributed by atoms with Gasteiger partial charge in [-0.2, -0.15) is 5.10 Å². The number of nitrogens with one attached hydrogen (secondary N) is 1. The number of anilines is 1. The first-order valence-corrected chi connectivity index (χ1v) is 10.1. The number of aromatic nitrogens is 2. The summed E-state index contributed by atoms with van der Waals surface area (Å²) >= 11 is 0. The Labute approximate surface area is 177 Å². The second-order valence-corrected chi connectivity index (χ2v) is 6.92. The van der Waals surface area contributed by atoms with E-state index in [1.807, 2.05) is 57.3 Å². The summed E-state index contributed by atoms with van der Waals surface area (Å²) in [6, 6.07) is 9.82. The first-order valence-electron chi connectivity index (χ1n) is 10.1. The molecule has 0 spiro atoms. The molecular formula is C24H29FN4O. The predicted molar refractivity (Wildman–Crippen MR) is 121 cm³/mol. The van der Waals surface area contributed by atoms with E-state index in [-0.39, 0.29) is 11.6 Å². The molecule has 1 aliphatic rings. The normalized spacial score (nSPS) is 17.4. The quantitative estimate of drug-likeness (QED) is 0.598. The number of fused-ring (bicyclic) bond motifs is 1. The van der Waals surface area contributed by atoms with E-state index in [0.29, 0.717) is 12.1 Å². The van der Waals surface area contributed by atoms with E-state index in [4.69, 9.17) is 5.73 Å². The van der Waals surface area contributed by atoms with Gasteiger partial charge < -0.3 is 11.1 Å². The Morgan fingerprint density at radius 3 is 2.43 bits per heavy atom. The SMILES string of the molecule is C#C.CC.Cc1ccc(-c2cc3c(N[C@@H]4CCC[C@@H]4F)c(C(N)=O)cnn3c2)cc1. The van der Waals surface area contributed by atoms with E-state index in [1.54, 1.807) is 4.52 Å². The highest BCUT2D eigenvalue weighted by Gasteiger charge is 2.28. The van der Waals surface area contributed by atoms with Gasteiger partial charge in [-0.05, 0) is 37.8 Å². The molecule has 30 heavy (non-hydrogen) atoms. The van der Waals surface area contributed by atoms with Crippen molar-refractivity contribution in [2.24, 2.45) is 5.73 Å². The van der Waals surface area contributed by atoms with Crippen molar-refractivity contribution in [2.45, 2.75) is 52.2 Å². The van der Waals surface area contributed by atoms with Crippen LogP contribution in [-0.4, -0.2) is 27.7 Å². The summed E-state index contributed by atoms with van der Waals surface area (Å²) in [7, 11) is 0. The number of halogens is 1. The smallest absolute Gasteiger partial charge is 0.252 e. The largest absolute Gasteiger partial charge is 0.377 e. The van der Waals surface area contributed by atoms with Crippen molar-refractivity contribution in [1.29, 1.82) is 0 Å². The van der Waals surface area contributed by atoms with Crippen molar-refractivity contribution in [3.8, 4) is 24.0 Å². The number of aryl methyl sites for hydroxylation is 1. The fourth-order valence-corrected chi connectivity index (χ4v) is 3.56. The lowest BCUT2D eigenvalue weighted by molar-refractivity contribution is 0.100. The number of carbonyl (C=O) groups is 1. The molecule has 0 saturated heterocycles. The highest BCUT2D eigenvalue weighted by Crippen LogP contribution is 2.32. The minimum atomic E-state index is -0.921. The van der Waals surface area contributed by atoms with Gasteiger partial charge in [-0.25, -0.2) is 8.91 Å². The summed E-state index contributed by atoms with van der Waals surface area (Å²) in [6.07, 6.45) is 12.5. The van der Waals surface area contributed by atoms with E-state index >= 15 is 0 Å². The van der Waals surface area contributed by atoms with E-state index in [0.717, 1.165) is 29.5 Å². The van der Waals surface area contributed by atoms with Gasteiger partial charge >= 0.3 is 0 Å². The van der Waals surface area contributed by atoms with Gasteiger partial charge in [0.2, 0.25) is 0 Å². The maximum Gasteiger partial charge on any atom is 0.252 e. The number of hydrogen-bond donors (Lipinski definition) is 2. The molecule has 0 aliphatic heterocycles. The van der Waals surface area contributed by atoms with Crippen LogP contribution in [-0.2, 0) is 0 Å². The topological polar surface area (TPSA) is 72.4 Å². The summed E-state index contributed by atoms with van der Waals surface area (Å²) in [5, 5.41) is 7.52. The van der Waals surface area contributed by atoms with Crippen LogP contribution in [0.4, 0.5) is 10.1 Å². The van der Waals surface area contributed by atoms with E-state index in [9.17, 15) is 9.18 Å². The van der Waals surface area contributed by atoms with Gasteiger partial charge in [0.15, 0.2) is 0 Å². The summed E-state index contributed by atoms with van der Waals surface area (Å²) in [5.74, 6) is -0.575. The molecule has 1 aliphatic carbocycles. The van der Waals surface area contributed by atoms with Gasteiger partial charge in [0.25, 0.3) is 5.91 Å². The number of nitrogens with two attached hydrogens (primary N) is 1. The fraction of sp³-hybridized carbons (Fsp3) is 0.333. The Morgan fingerprint density at radius 2 is 1.87 bits per heavy atom. The number of terminal acetylenes is 1. The summed E-state index contributed by atoms with van der Waals surface area (Å²) in [6.45, 7) is 6.04. The predicted octanol–water partition coefficient (Wildman–Crippen LogP) is 4.99. The van der Waals surface area contributed by atoms with Gasteiger partial charge in [-0.1, -0.05) is 43.7 Å². The number of carbonyl (C=O) groups excluding carboxylic acids is 1. The minimum absolute atomic E-state index is 0.283. The van der Waals surface area contributed by atoms with Crippen LogP contribution in [0.1, 0.15) is 49.0 Å². The van der Waals surface area contributed by atoms with Crippen molar-refractivity contribution in [3.05, 3.63) is 53.9 Å². The first-order chi connectivity index (χ1) is 14.5. The van der Waals surface area contributed by atoms with Crippen LogP contribution in [0.2, 0.25) is 0 Å². The van der Waals surface area contributed by atoms with Crippen LogP contribution in [0, 0.1) is 19.8 Å². The van der Waals surface area contributed by atoms with Crippen LogP contribution in [0.15, 0.2) is 42.7 Å². The number of amides is 1. The van der Waals surface area contributed by atoms with Crippen LogP contribution in [0.3, 0.4) is 0 Å². The van der Waals surface area contributed by atoms with E-state index in [1.165, 1.54) is 11.8 Å². The molecule has 4 rings (SSSR count). The number of benzene rings is 1. The standard InChI is InChI=1S/C20H21FN4O.C2H6.C2H2/c1-12-5-7-13(8-6-12)14-9-18-19(24-17-4-2-3-16(17)21)15(20(22)26)10-23-25(18)11-14;2*1-2/h5-11,16-17,24H,2-4H2,1H3,(H2,22,26);1-2H3;1-2H/t16-,17+;;/m0../s1. The zero-order valence-corrected chi connectivity index (χ0v) is 17.7. The number of primary amides is 1. The molecule has 158 valence electrons. The maximum atomic E-state index is 14.1. The molecule has 6 heteroatoms. The summed E-state index contributed by atoms with van der Waals surface area (Å²) in [5.41, 5.74) is 10.3. The van der Waals surface area contributed by atoms with Gasteiger partial charge in [0, 0.05) is 11.8 Å². The maximum absolute atomic E-state index is 14.1. The van der Waals surface area contributed by atoms with Crippen molar-refractivity contribution in [3.63, 3.8) is 0 Å². The Bertz CT molecular complexity index is 1010. The van der Waals surface area contributed by atoms with Crippen molar-refractivity contribution in [1.82, 2.24) is 9.61 Å². The molecule has 2 heterocycles. The Balaban J connectivity index is 0.000000757. The lowest BCUT2D eigenvalue weighted by Gasteiger charge is -2.19. The highest BCUT2D eigenvalue weighted by atomic mass is 19.1. The number of rotatable bonds is 4. The Kier molecular flexibility index (Phi) is 7.99. The Hall–Kier alpha value is -3.33. The molecule has 0 unspecified atom stereocenters. The molecular weight excluding hydrogens is 379 g/mol. The van der Waals surface area contributed by atoms with Crippen molar-refractivity contribution < 1.29 is 9.18 Å². The average Bonchev–Trinajstić information content (AvgIpc) is 3.38. The van der Waals surface area contributed by atoms with Crippen LogP contribution >= 0.6 is 0 Å². The van der Waals surface area contributed by atoms with Gasteiger partial charge in [0.05, 0.1) is 29.0 Å². The van der Waals surface area contributed by atoms with Crippen molar-refractivity contribution >= 4 is 17.1 Å². The summed E-state index contributed by atoms with van der Waals surface area (Å²) < 4.78 is 15.8. The Morgan fingerprint density at radius 1 is 1.20 bits per heavy atom. The number of alkyl halides is 1. The van der Waals surface area contributed by atoms with E-state index < -0.39 is 12.1 Å². The first kappa shape index (κ1) is 23.0. The molecule has 2 aromatic heterocycles. The van der Waals surface area contributed by atoms with Crippen LogP contribution in [0.5, 0.6) is 0 Å². The van der Waals surface area contributed by atoms with Crippen LogP contribution in [0.25, 0.3) is 16.6 Å². The van der Waals surface area contributed by atoms with Gasteiger partial charge in [-0.15, -0.1) is 12.8 Å². The monoisotopic (exact) mass is 408 g/mol. The fourth-order valence-electron chi connectivity index (χ4n) is 3.56. The van der Waals surface area contributed by atoms with E-state index in [2.05, 4.69) is 23.3 Å². The van der Waals surface area contributed by atoms with Crippen molar-refractivity contribution in [2.75, 3.05) is 5.32 Å². The zero-order chi connectivity index (χ0) is 22.3. The third-order valence-electron chi connectivity index (χ3n) is 5.05. The molecule has 0 bridgehead atoms. The third-order valence-corrected chi connectivity index (χ3v) is 5.05. The molecule has 2 atom stereocenters. The zero-order valence-electron chi connectivity index (χ0n) is 17.7. The molecule has 1 saturated carbocycles. The average molecular weight is 409 g/mol. The highest BCUT2D eigenvalue weighted by molar-refractivity contribution is 6.02. The lowest BCUT2D eigenvalue weighted by atomic mass is 10.1. The molecule has 1 fully saturated rings. The molecule has 5 nitrogen and oxygen atoms in total. The minimum Gasteiger partial charge on any atom is -0.377 e. The second-order valence-electron chi connectivity index (χ2n) is 6.92. The molecule has 1 amide bonds. The van der Waals surface area contributed by atoms with Gasteiger partial charge in [-0.3, -0.25) is 4.79 Å². The number of hydrogen-bond acceptors (Lipinski definition) is 3. The lowest BCUT2D eigenvalue weighted by Crippen LogP contribution is -2.27. The molecule has 1 aromatic carbocycles. The third kappa shape index (κ3) is 4.80. The van der Waals surface area contributed by atoms with Crippen LogP contribution < -0.4 is 11.1 Å². The van der Waals surface area contributed by atoms with Gasteiger partial charge in [0.1, 0.15) is 6.17 Å². The molecule has 3 N–H and O–H groups in total. The second kappa shape index (κ2) is 10.4. The molecule has 0 radical (unpaired) electrons.